The molecule has 1 aromatic heterocycles. The molecule has 124 valence electrons. The SMILES string of the molecule is CCc1sc(C(=O)NNC(=O)COc2ccccc2C#N)cc1C. The first-order valence-corrected chi connectivity index (χ1v) is 8.17. The fourth-order valence-corrected chi connectivity index (χ4v) is 3.04. The van der Waals surface area contributed by atoms with Gasteiger partial charge in [0.15, 0.2) is 6.61 Å². The van der Waals surface area contributed by atoms with Crippen LogP contribution in [0.2, 0.25) is 0 Å². The highest BCUT2D eigenvalue weighted by Gasteiger charge is 2.13. The minimum absolute atomic E-state index is 0.303. The fourth-order valence-electron chi connectivity index (χ4n) is 2.04. The molecule has 0 saturated heterocycles. The van der Waals surface area contributed by atoms with Gasteiger partial charge in [-0.3, -0.25) is 20.4 Å². The molecule has 6 nitrogen and oxygen atoms in total. The van der Waals surface area contributed by atoms with E-state index in [0.717, 1.165) is 16.9 Å². The number of aryl methyl sites for hydroxylation is 2. The number of amides is 2. The van der Waals surface area contributed by atoms with Gasteiger partial charge in [-0.2, -0.15) is 5.26 Å². The molecule has 0 bridgehead atoms. The van der Waals surface area contributed by atoms with E-state index in [4.69, 9.17) is 10.00 Å². The first kappa shape index (κ1) is 17.5. The average molecular weight is 343 g/mol. The molecule has 2 rings (SSSR count). The molecule has 0 fully saturated rings. The Hall–Kier alpha value is -2.85. The monoisotopic (exact) mass is 343 g/mol. The number of hydrogen-bond donors (Lipinski definition) is 2. The van der Waals surface area contributed by atoms with Crippen molar-refractivity contribution < 1.29 is 14.3 Å². The highest BCUT2D eigenvalue weighted by Crippen LogP contribution is 2.22. The van der Waals surface area contributed by atoms with Gasteiger partial charge >= 0.3 is 0 Å². The number of para-hydroxylation sites is 1. The smallest absolute Gasteiger partial charge is 0.279 e. The average Bonchev–Trinajstić information content (AvgIpc) is 2.99. The van der Waals surface area contributed by atoms with Crippen LogP contribution in [0.25, 0.3) is 0 Å². The molecule has 2 amide bonds. The molecule has 0 aliphatic carbocycles. The Labute approximate surface area is 144 Å². The third kappa shape index (κ3) is 4.33. The number of hydrazine groups is 1. The largest absolute Gasteiger partial charge is 0.482 e. The second-order valence-corrected chi connectivity index (χ2v) is 6.11. The highest BCUT2D eigenvalue weighted by molar-refractivity contribution is 7.14. The minimum Gasteiger partial charge on any atom is -0.482 e. The predicted octanol–water partition coefficient (Wildman–Crippen LogP) is 2.33. The van der Waals surface area contributed by atoms with Crippen molar-refractivity contribution in [2.75, 3.05) is 6.61 Å². The summed E-state index contributed by atoms with van der Waals surface area (Å²) in [4.78, 5) is 25.4. The van der Waals surface area contributed by atoms with Gasteiger partial charge in [-0.25, -0.2) is 0 Å². The molecule has 0 atom stereocenters. The molecule has 2 aromatic rings. The van der Waals surface area contributed by atoms with Gasteiger partial charge < -0.3 is 4.74 Å². The van der Waals surface area contributed by atoms with Crippen molar-refractivity contribution in [3.63, 3.8) is 0 Å². The molecule has 0 radical (unpaired) electrons. The number of nitrogens with one attached hydrogen (secondary N) is 2. The van der Waals surface area contributed by atoms with E-state index in [1.54, 1.807) is 30.3 Å². The van der Waals surface area contributed by atoms with Crippen LogP contribution < -0.4 is 15.6 Å². The molecule has 2 N–H and O–H groups in total. The third-order valence-electron chi connectivity index (χ3n) is 3.25. The Balaban J connectivity index is 1.84. The van der Waals surface area contributed by atoms with Crippen LogP contribution in [0, 0.1) is 18.3 Å². The molecule has 0 unspecified atom stereocenters. The Morgan fingerprint density at radius 3 is 2.71 bits per heavy atom. The first-order valence-electron chi connectivity index (χ1n) is 7.35. The summed E-state index contributed by atoms with van der Waals surface area (Å²) in [5.74, 6) is -0.559. The zero-order chi connectivity index (χ0) is 17.5. The maximum absolute atomic E-state index is 12.0. The van der Waals surface area contributed by atoms with Crippen molar-refractivity contribution in [2.24, 2.45) is 0 Å². The van der Waals surface area contributed by atoms with Crippen LogP contribution in [0.1, 0.15) is 32.6 Å². The van der Waals surface area contributed by atoms with E-state index in [9.17, 15) is 9.59 Å². The first-order chi connectivity index (χ1) is 11.5. The molecular weight excluding hydrogens is 326 g/mol. The number of carbonyl (C=O) groups is 2. The topological polar surface area (TPSA) is 91.2 Å². The lowest BCUT2D eigenvalue weighted by Crippen LogP contribution is -2.43. The van der Waals surface area contributed by atoms with Gasteiger partial charge in [0.2, 0.25) is 0 Å². The van der Waals surface area contributed by atoms with Gasteiger partial charge in [-0.15, -0.1) is 11.3 Å². The Kier molecular flexibility index (Phi) is 5.93. The minimum atomic E-state index is -0.514. The van der Waals surface area contributed by atoms with Crippen LogP contribution in [0.3, 0.4) is 0 Å². The summed E-state index contributed by atoms with van der Waals surface area (Å²) < 4.78 is 5.29. The van der Waals surface area contributed by atoms with E-state index in [-0.39, 0.29) is 12.5 Å². The van der Waals surface area contributed by atoms with E-state index in [2.05, 4.69) is 10.9 Å². The van der Waals surface area contributed by atoms with E-state index in [1.165, 1.54) is 11.3 Å². The second-order valence-electron chi connectivity index (χ2n) is 4.97. The van der Waals surface area contributed by atoms with Crippen molar-refractivity contribution >= 4 is 23.2 Å². The number of hydrogen-bond acceptors (Lipinski definition) is 5. The molecule has 7 heteroatoms. The molecule has 24 heavy (non-hydrogen) atoms. The standard InChI is InChI=1S/C17H17N3O3S/c1-3-14-11(2)8-15(24-14)17(22)20-19-16(21)10-23-13-7-5-4-6-12(13)9-18/h4-8H,3,10H2,1-2H3,(H,19,21)(H,20,22). The maximum atomic E-state index is 12.0. The van der Waals surface area contributed by atoms with Crippen molar-refractivity contribution in [1.82, 2.24) is 10.9 Å². The number of thiophene rings is 1. The molecule has 1 aromatic carbocycles. The van der Waals surface area contributed by atoms with Gasteiger partial charge in [-0.1, -0.05) is 19.1 Å². The molecule has 0 saturated carbocycles. The number of ether oxygens (including phenoxy) is 1. The molecule has 1 heterocycles. The summed E-state index contributed by atoms with van der Waals surface area (Å²) in [6.07, 6.45) is 0.863. The van der Waals surface area contributed by atoms with Crippen LogP contribution in [0.4, 0.5) is 0 Å². The summed E-state index contributed by atoms with van der Waals surface area (Å²) in [6, 6.07) is 10.4. The summed E-state index contributed by atoms with van der Waals surface area (Å²) in [6.45, 7) is 3.67. The quantitative estimate of drug-likeness (QED) is 0.815. The molecule has 0 aliphatic rings. The van der Waals surface area contributed by atoms with E-state index >= 15 is 0 Å². The van der Waals surface area contributed by atoms with Crippen LogP contribution >= 0.6 is 11.3 Å². The predicted molar refractivity (Wildman–Crippen MR) is 90.7 cm³/mol. The molecular formula is C17H17N3O3S. The van der Waals surface area contributed by atoms with Gasteiger partial charge in [-0.05, 0) is 37.1 Å². The number of benzene rings is 1. The lowest BCUT2D eigenvalue weighted by molar-refractivity contribution is -0.123. The number of rotatable bonds is 5. The molecule has 0 aliphatic heterocycles. The summed E-state index contributed by atoms with van der Waals surface area (Å²) in [5.41, 5.74) is 6.06. The third-order valence-corrected chi connectivity index (χ3v) is 4.63. The van der Waals surface area contributed by atoms with Gasteiger partial charge in [0, 0.05) is 4.88 Å². The van der Waals surface area contributed by atoms with Crippen molar-refractivity contribution in [2.45, 2.75) is 20.3 Å². The lowest BCUT2D eigenvalue weighted by atomic mass is 10.2. The normalized spacial score (nSPS) is 9.88. The summed E-state index contributed by atoms with van der Waals surface area (Å²) in [7, 11) is 0. The van der Waals surface area contributed by atoms with Gasteiger partial charge in [0.1, 0.15) is 11.8 Å². The van der Waals surface area contributed by atoms with Crippen LogP contribution in [0.15, 0.2) is 30.3 Å². The van der Waals surface area contributed by atoms with Gasteiger partial charge in [0.05, 0.1) is 10.4 Å². The summed E-state index contributed by atoms with van der Waals surface area (Å²) in [5, 5.41) is 8.94. The molecule has 0 spiro atoms. The number of nitrogens with zero attached hydrogens (tertiary/aromatic N) is 1. The zero-order valence-electron chi connectivity index (χ0n) is 13.4. The van der Waals surface area contributed by atoms with Gasteiger partial charge in [0.25, 0.3) is 11.8 Å². The van der Waals surface area contributed by atoms with Crippen molar-refractivity contribution in [3.8, 4) is 11.8 Å². The van der Waals surface area contributed by atoms with Crippen molar-refractivity contribution in [1.29, 1.82) is 5.26 Å². The van der Waals surface area contributed by atoms with Crippen LogP contribution in [-0.4, -0.2) is 18.4 Å². The Morgan fingerprint density at radius 1 is 1.29 bits per heavy atom. The van der Waals surface area contributed by atoms with Crippen LogP contribution in [-0.2, 0) is 11.2 Å². The van der Waals surface area contributed by atoms with E-state index < -0.39 is 5.91 Å². The van der Waals surface area contributed by atoms with Crippen LogP contribution in [0.5, 0.6) is 5.75 Å². The summed E-state index contributed by atoms with van der Waals surface area (Å²) >= 11 is 1.40. The van der Waals surface area contributed by atoms with E-state index in [1.807, 2.05) is 19.9 Å². The second kappa shape index (κ2) is 8.13. The number of nitriles is 1. The number of carbonyl (C=O) groups excluding carboxylic acids is 2. The Bertz CT molecular complexity index is 793. The van der Waals surface area contributed by atoms with E-state index in [0.29, 0.717) is 16.2 Å². The fraction of sp³-hybridized carbons (Fsp3) is 0.235. The highest BCUT2D eigenvalue weighted by atomic mass is 32.1. The zero-order valence-corrected chi connectivity index (χ0v) is 14.2. The lowest BCUT2D eigenvalue weighted by Gasteiger charge is -2.09. The maximum Gasteiger partial charge on any atom is 0.279 e. The Morgan fingerprint density at radius 2 is 2.04 bits per heavy atom. The van der Waals surface area contributed by atoms with Crippen molar-refractivity contribution in [3.05, 3.63) is 51.2 Å².